The number of ether oxygens (including phenoxy) is 1. The maximum absolute atomic E-state index is 13.5. The molecule has 5 rings (SSSR count). The van der Waals surface area contributed by atoms with Crippen molar-refractivity contribution in [2.75, 3.05) is 7.11 Å². The predicted octanol–water partition coefficient (Wildman–Crippen LogP) is 5.70. The standard InChI is InChI=1S/C24H18FN3O/c1-15-3-5-16(6-4-15)23-21-14-26-22-12-11-19(29-2)13-20(22)24(21)28(27-23)18-9-7-17(25)8-10-18/h3-14H,1-2H3. The van der Waals surface area contributed by atoms with Gasteiger partial charge >= 0.3 is 0 Å². The summed E-state index contributed by atoms with van der Waals surface area (Å²) in [6.45, 7) is 2.06. The normalized spacial score (nSPS) is 11.3. The molecule has 3 aromatic carbocycles. The molecular formula is C24H18FN3O. The third-order valence-electron chi connectivity index (χ3n) is 5.11. The molecule has 5 aromatic rings. The van der Waals surface area contributed by atoms with E-state index >= 15 is 0 Å². The van der Waals surface area contributed by atoms with Crippen LogP contribution in [0.3, 0.4) is 0 Å². The zero-order valence-corrected chi connectivity index (χ0v) is 16.1. The molecule has 5 heteroatoms. The molecule has 0 radical (unpaired) electrons. The Labute approximate surface area is 167 Å². The smallest absolute Gasteiger partial charge is 0.123 e. The first-order chi connectivity index (χ1) is 14.1. The quantitative estimate of drug-likeness (QED) is 0.401. The SMILES string of the molecule is COc1ccc2ncc3c(-c4ccc(C)cc4)nn(-c4ccc(F)cc4)c3c2c1. The second kappa shape index (κ2) is 6.71. The van der Waals surface area contributed by atoms with Crippen LogP contribution in [0.25, 0.3) is 38.8 Å². The molecule has 0 aliphatic carbocycles. The molecule has 0 fully saturated rings. The van der Waals surface area contributed by atoms with Gasteiger partial charge in [-0.1, -0.05) is 29.8 Å². The van der Waals surface area contributed by atoms with Crippen molar-refractivity contribution >= 4 is 21.8 Å². The predicted molar refractivity (Wildman–Crippen MR) is 113 cm³/mol. The van der Waals surface area contributed by atoms with Crippen molar-refractivity contribution in [1.29, 1.82) is 0 Å². The van der Waals surface area contributed by atoms with Gasteiger partial charge in [0, 0.05) is 22.5 Å². The van der Waals surface area contributed by atoms with E-state index in [4.69, 9.17) is 9.84 Å². The lowest BCUT2D eigenvalue weighted by atomic mass is 10.1. The van der Waals surface area contributed by atoms with E-state index in [-0.39, 0.29) is 5.82 Å². The minimum absolute atomic E-state index is 0.280. The Hall–Kier alpha value is -3.73. The van der Waals surface area contributed by atoms with Gasteiger partial charge in [0.2, 0.25) is 0 Å². The van der Waals surface area contributed by atoms with E-state index in [0.29, 0.717) is 0 Å². The Kier molecular flexibility index (Phi) is 4.02. The zero-order chi connectivity index (χ0) is 20.0. The number of aromatic nitrogens is 3. The molecule has 0 saturated heterocycles. The molecule has 0 spiro atoms. The Bertz CT molecular complexity index is 1340. The second-order valence-corrected chi connectivity index (χ2v) is 7.01. The number of pyridine rings is 1. The Morgan fingerprint density at radius 2 is 1.66 bits per heavy atom. The minimum atomic E-state index is -0.280. The molecule has 0 bridgehead atoms. The van der Waals surface area contributed by atoms with Gasteiger partial charge in [-0.05, 0) is 49.4 Å². The number of nitrogens with zero attached hydrogens (tertiary/aromatic N) is 3. The summed E-state index contributed by atoms with van der Waals surface area (Å²) < 4.78 is 20.8. The molecular weight excluding hydrogens is 365 g/mol. The van der Waals surface area contributed by atoms with Crippen LogP contribution < -0.4 is 4.74 Å². The lowest BCUT2D eigenvalue weighted by molar-refractivity contribution is 0.415. The molecule has 0 aliphatic rings. The molecule has 142 valence electrons. The topological polar surface area (TPSA) is 39.9 Å². The van der Waals surface area contributed by atoms with E-state index in [0.717, 1.165) is 44.5 Å². The highest BCUT2D eigenvalue weighted by Gasteiger charge is 2.17. The summed E-state index contributed by atoms with van der Waals surface area (Å²) in [5.74, 6) is 0.465. The molecule has 0 aliphatic heterocycles. The second-order valence-electron chi connectivity index (χ2n) is 7.01. The molecule has 2 aromatic heterocycles. The number of hydrogen-bond acceptors (Lipinski definition) is 3. The third-order valence-corrected chi connectivity index (χ3v) is 5.11. The van der Waals surface area contributed by atoms with Gasteiger partial charge < -0.3 is 4.74 Å². The van der Waals surface area contributed by atoms with Crippen LogP contribution in [0.2, 0.25) is 0 Å². The number of hydrogen-bond donors (Lipinski definition) is 0. The summed E-state index contributed by atoms with van der Waals surface area (Å²) >= 11 is 0. The van der Waals surface area contributed by atoms with Crippen molar-refractivity contribution < 1.29 is 9.13 Å². The largest absolute Gasteiger partial charge is 0.497 e. The van der Waals surface area contributed by atoms with E-state index in [1.54, 1.807) is 19.2 Å². The number of halogens is 1. The highest BCUT2D eigenvalue weighted by Crippen LogP contribution is 2.35. The molecule has 0 saturated carbocycles. The van der Waals surface area contributed by atoms with Crippen molar-refractivity contribution in [2.24, 2.45) is 0 Å². The molecule has 0 unspecified atom stereocenters. The van der Waals surface area contributed by atoms with E-state index in [2.05, 4.69) is 36.2 Å². The summed E-state index contributed by atoms with van der Waals surface area (Å²) in [5.41, 5.74) is 5.56. The monoisotopic (exact) mass is 383 g/mol. The number of rotatable bonds is 3. The van der Waals surface area contributed by atoms with Crippen molar-refractivity contribution in [2.45, 2.75) is 6.92 Å². The summed E-state index contributed by atoms with van der Waals surface area (Å²) in [5, 5.41) is 6.77. The van der Waals surface area contributed by atoms with Crippen molar-refractivity contribution in [3.63, 3.8) is 0 Å². The maximum atomic E-state index is 13.5. The fraction of sp³-hybridized carbons (Fsp3) is 0.0833. The average molecular weight is 383 g/mol. The summed E-state index contributed by atoms with van der Waals surface area (Å²) in [6, 6.07) is 20.4. The molecule has 0 amide bonds. The van der Waals surface area contributed by atoms with Crippen LogP contribution in [0.15, 0.2) is 72.9 Å². The summed E-state index contributed by atoms with van der Waals surface area (Å²) in [6.07, 6.45) is 1.85. The maximum Gasteiger partial charge on any atom is 0.123 e. The van der Waals surface area contributed by atoms with Crippen molar-refractivity contribution in [3.8, 4) is 22.7 Å². The van der Waals surface area contributed by atoms with Gasteiger partial charge in [-0.25, -0.2) is 9.07 Å². The number of methoxy groups -OCH3 is 1. The molecule has 0 atom stereocenters. The first-order valence-electron chi connectivity index (χ1n) is 9.32. The minimum Gasteiger partial charge on any atom is -0.497 e. The van der Waals surface area contributed by atoms with Crippen molar-refractivity contribution in [3.05, 3.63) is 84.3 Å². The highest BCUT2D eigenvalue weighted by atomic mass is 19.1. The van der Waals surface area contributed by atoms with Gasteiger partial charge in [-0.3, -0.25) is 4.98 Å². The van der Waals surface area contributed by atoms with Crippen LogP contribution >= 0.6 is 0 Å². The fourth-order valence-corrected chi connectivity index (χ4v) is 3.58. The lowest BCUT2D eigenvalue weighted by Gasteiger charge is -2.07. The van der Waals surface area contributed by atoms with Gasteiger partial charge in [0.05, 0.1) is 23.8 Å². The molecule has 2 heterocycles. The van der Waals surface area contributed by atoms with Crippen LogP contribution in [0.4, 0.5) is 4.39 Å². The van der Waals surface area contributed by atoms with Crippen molar-refractivity contribution in [1.82, 2.24) is 14.8 Å². The first kappa shape index (κ1) is 17.4. The van der Waals surface area contributed by atoms with Crippen LogP contribution in [0.1, 0.15) is 5.56 Å². The summed E-state index contributed by atoms with van der Waals surface area (Å²) in [4.78, 5) is 4.64. The first-order valence-corrected chi connectivity index (χ1v) is 9.32. The van der Waals surface area contributed by atoms with Gasteiger partial charge in [0.15, 0.2) is 0 Å². The van der Waals surface area contributed by atoms with Gasteiger partial charge in [0.25, 0.3) is 0 Å². The van der Waals surface area contributed by atoms with Crippen LogP contribution in [-0.4, -0.2) is 21.9 Å². The van der Waals surface area contributed by atoms with E-state index < -0.39 is 0 Å². The number of fused-ring (bicyclic) bond motifs is 3. The van der Waals surface area contributed by atoms with Crippen LogP contribution in [-0.2, 0) is 0 Å². The highest BCUT2D eigenvalue weighted by molar-refractivity contribution is 6.09. The Balaban J connectivity index is 1.88. The van der Waals surface area contributed by atoms with Gasteiger partial charge in [-0.15, -0.1) is 0 Å². The average Bonchev–Trinajstić information content (AvgIpc) is 3.14. The number of benzene rings is 3. The fourth-order valence-electron chi connectivity index (χ4n) is 3.58. The van der Waals surface area contributed by atoms with Gasteiger partial charge in [0.1, 0.15) is 17.3 Å². The number of aryl methyl sites for hydroxylation is 1. The third kappa shape index (κ3) is 2.91. The van der Waals surface area contributed by atoms with Gasteiger partial charge in [-0.2, -0.15) is 5.10 Å². The van der Waals surface area contributed by atoms with Crippen LogP contribution in [0, 0.1) is 12.7 Å². The van der Waals surface area contributed by atoms with E-state index in [1.807, 2.05) is 29.1 Å². The van der Waals surface area contributed by atoms with Crippen LogP contribution in [0.5, 0.6) is 5.75 Å². The molecule has 29 heavy (non-hydrogen) atoms. The molecule has 0 N–H and O–H groups in total. The summed E-state index contributed by atoms with van der Waals surface area (Å²) in [7, 11) is 1.64. The zero-order valence-electron chi connectivity index (χ0n) is 16.1. The van der Waals surface area contributed by atoms with E-state index in [1.165, 1.54) is 17.7 Å². The Morgan fingerprint density at radius 3 is 2.38 bits per heavy atom. The lowest BCUT2D eigenvalue weighted by Crippen LogP contribution is -1.97. The molecule has 4 nitrogen and oxygen atoms in total. The van der Waals surface area contributed by atoms with E-state index in [9.17, 15) is 4.39 Å². The Morgan fingerprint density at radius 1 is 0.897 bits per heavy atom.